The zero-order chi connectivity index (χ0) is 8.02. The van der Waals surface area contributed by atoms with E-state index in [1.165, 1.54) is 4.88 Å². The standard InChI is InChI=1S/C8H6S2Se2/c1-3-7(9-5-1)8-4-2-6-10(8)11-12-10/h1-6H. The average Bonchev–Trinajstić information content (AvgIpc) is 2.51. The van der Waals surface area contributed by atoms with Crippen molar-refractivity contribution in [1.29, 1.82) is 0 Å². The predicted octanol–water partition coefficient (Wildman–Crippen LogP) is 2.59. The summed E-state index contributed by atoms with van der Waals surface area (Å²) < 4.78 is 0. The molecule has 12 heavy (non-hydrogen) atoms. The molecule has 1 spiro atoms. The fourth-order valence-electron chi connectivity index (χ4n) is 1.19. The van der Waals surface area contributed by atoms with Gasteiger partial charge < -0.3 is 0 Å². The molecule has 1 aromatic rings. The molecular formula is C8H6S2Se2. The molecule has 0 aliphatic carbocycles. The third kappa shape index (κ3) is 1.11. The Morgan fingerprint density at radius 2 is 2.25 bits per heavy atom. The molecule has 3 heterocycles. The number of thiophene rings is 1. The van der Waals surface area contributed by atoms with Crippen LogP contribution in [0.5, 0.6) is 0 Å². The third-order valence-electron chi connectivity index (χ3n) is 1.79. The molecule has 1 fully saturated rings. The maximum absolute atomic E-state index is 2.50. The van der Waals surface area contributed by atoms with Crippen LogP contribution in [0.3, 0.4) is 0 Å². The SMILES string of the molecule is C1=CS2([Se][Se]2)C(c2cccs2)=C1. The van der Waals surface area contributed by atoms with Gasteiger partial charge in [-0.1, -0.05) is 0 Å². The Morgan fingerprint density at radius 1 is 1.33 bits per heavy atom. The van der Waals surface area contributed by atoms with E-state index in [0.717, 1.165) is 24.0 Å². The van der Waals surface area contributed by atoms with Crippen LogP contribution in [0.25, 0.3) is 4.91 Å². The minimum absolute atomic E-state index is 0.244. The van der Waals surface area contributed by atoms with Gasteiger partial charge in [-0.05, 0) is 0 Å². The summed E-state index contributed by atoms with van der Waals surface area (Å²) >= 11 is 3.87. The van der Waals surface area contributed by atoms with Gasteiger partial charge in [-0.15, -0.1) is 0 Å². The Labute approximate surface area is 86.4 Å². The fourth-order valence-corrected chi connectivity index (χ4v) is 23.5. The molecule has 4 heteroatoms. The van der Waals surface area contributed by atoms with Crippen molar-refractivity contribution in [2.24, 2.45) is 0 Å². The van der Waals surface area contributed by atoms with Crippen molar-refractivity contribution in [1.82, 2.24) is 0 Å². The summed E-state index contributed by atoms with van der Waals surface area (Å²) in [5, 5.41) is 4.69. The van der Waals surface area contributed by atoms with E-state index in [-0.39, 0.29) is 6.86 Å². The molecule has 1 saturated heterocycles. The van der Waals surface area contributed by atoms with Gasteiger partial charge >= 0.3 is 87.1 Å². The molecule has 62 valence electrons. The van der Waals surface area contributed by atoms with E-state index < -0.39 is 0 Å². The second kappa shape index (κ2) is 2.78. The normalized spacial score (nSPS) is 25.8. The zero-order valence-electron chi connectivity index (χ0n) is 6.10. The van der Waals surface area contributed by atoms with Crippen molar-refractivity contribution in [2.75, 3.05) is 0 Å². The van der Waals surface area contributed by atoms with Gasteiger partial charge in [-0.25, -0.2) is 0 Å². The van der Waals surface area contributed by atoms with Gasteiger partial charge in [-0.3, -0.25) is 0 Å². The van der Waals surface area contributed by atoms with Crippen LogP contribution < -0.4 is 0 Å². The van der Waals surface area contributed by atoms with Gasteiger partial charge in [0, 0.05) is 0 Å². The first-order valence-corrected chi connectivity index (χ1v) is 14.5. The first-order chi connectivity index (χ1) is 5.91. The summed E-state index contributed by atoms with van der Waals surface area (Å²) in [6.07, 6.45) is 4.62. The van der Waals surface area contributed by atoms with Crippen LogP contribution in [-0.2, 0) is 0 Å². The van der Waals surface area contributed by atoms with Gasteiger partial charge in [0.25, 0.3) is 0 Å². The molecule has 0 bridgehead atoms. The Bertz CT molecular complexity index is 360. The Balaban J connectivity index is 2.06. The summed E-state index contributed by atoms with van der Waals surface area (Å²) in [5.74, 6) is 0. The second-order valence-electron chi connectivity index (χ2n) is 2.52. The van der Waals surface area contributed by atoms with Gasteiger partial charge in [0.05, 0.1) is 0 Å². The molecule has 0 radical (unpaired) electrons. The van der Waals surface area contributed by atoms with Crippen LogP contribution in [0.2, 0.25) is 0 Å². The molecule has 0 atom stereocenters. The molecule has 0 amide bonds. The van der Waals surface area contributed by atoms with E-state index in [4.69, 9.17) is 0 Å². The molecule has 0 aromatic carbocycles. The molecule has 3 rings (SSSR count). The van der Waals surface area contributed by atoms with Crippen molar-refractivity contribution in [3.8, 4) is 0 Å². The summed E-state index contributed by atoms with van der Waals surface area (Å²) in [6.45, 7) is -0.244. The van der Waals surface area contributed by atoms with Gasteiger partial charge in [-0.2, -0.15) is 0 Å². The molecule has 0 saturated carbocycles. The van der Waals surface area contributed by atoms with Gasteiger partial charge in [0.15, 0.2) is 0 Å². The van der Waals surface area contributed by atoms with Crippen LogP contribution in [0.1, 0.15) is 4.88 Å². The van der Waals surface area contributed by atoms with E-state index in [1.54, 1.807) is 4.91 Å². The van der Waals surface area contributed by atoms with Crippen molar-refractivity contribution >= 4 is 47.1 Å². The van der Waals surface area contributed by atoms with Crippen LogP contribution in [0, 0.1) is 0 Å². The van der Waals surface area contributed by atoms with E-state index >= 15 is 0 Å². The van der Waals surface area contributed by atoms with Crippen molar-refractivity contribution in [3.63, 3.8) is 0 Å². The Hall–Kier alpha value is 0.569. The van der Waals surface area contributed by atoms with E-state index in [0.29, 0.717) is 0 Å². The number of hydrogen-bond donors (Lipinski definition) is 0. The third-order valence-corrected chi connectivity index (χ3v) is 25.1. The van der Waals surface area contributed by atoms with Crippen LogP contribution in [0.15, 0.2) is 35.1 Å². The first kappa shape index (κ1) is 7.93. The molecule has 2 aliphatic rings. The summed E-state index contributed by atoms with van der Waals surface area (Å²) in [7, 11) is 0. The number of rotatable bonds is 1. The van der Waals surface area contributed by atoms with Gasteiger partial charge in [0.1, 0.15) is 0 Å². The van der Waals surface area contributed by atoms with Crippen molar-refractivity contribution in [2.45, 2.75) is 0 Å². The van der Waals surface area contributed by atoms with E-state index in [2.05, 4.69) is 35.1 Å². The minimum atomic E-state index is -0.244. The summed E-state index contributed by atoms with van der Waals surface area (Å²) in [5.41, 5.74) is 0. The molecule has 1 aromatic heterocycles. The van der Waals surface area contributed by atoms with Crippen molar-refractivity contribution in [3.05, 3.63) is 40.0 Å². The Kier molecular flexibility index (Phi) is 1.83. The number of allylic oxidation sites excluding steroid dienone is 2. The maximum atomic E-state index is 2.50. The summed E-state index contributed by atoms with van der Waals surface area (Å²) in [4.78, 5) is 3.22. The molecule has 0 unspecified atom stereocenters. The van der Waals surface area contributed by atoms with E-state index in [9.17, 15) is 0 Å². The zero-order valence-corrected chi connectivity index (χ0v) is 11.2. The fraction of sp³-hybridized carbons (Fsp3) is 0. The van der Waals surface area contributed by atoms with Gasteiger partial charge in [0.2, 0.25) is 0 Å². The monoisotopic (exact) mass is 326 g/mol. The number of hydrogen-bond acceptors (Lipinski definition) is 1. The van der Waals surface area contributed by atoms with Crippen molar-refractivity contribution < 1.29 is 0 Å². The predicted molar refractivity (Wildman–Crippen MR) is 60.5 cm³/mol. The first-order valence-electron chi connectivity index (χ1n) is 3.54. The van der Waals surface area contributed by atoms with Crippen LogP contribution in [0.4, 0.5) is 0 Å². The topological polar surface area (TPSA) is 0 Å². The molecule has 0 N–H and O–H groups in total. The average molecular weight is 324 g/mol. The van der Waals surface area contributed by atoms with E-state index in [1.807, 2.05) is 11.3 Å². The quantitative estimate of drug-likeness (QED) is 0.550. The molecule has 2 aliphatic heterocycles. The molecular weight excluding hydrogens is 318 g/mol. The van der Waals surface area contributed by atoms with Crippen LogP contribution >= 0.6 is 18.2 Å². The molecule has 0 nitrogen and oxygen atoms in total. The van der Waals surface area contributed by atoms with Crippen LogP contribution in [-0.4, -0.2) is 24.0 Å². The Morgan fingerprint density at radius 3 is 2.92 bits per heavy atom. The summed E-state index contributed by atoms with van der Waals surface area (Å²) in [6, 6.07) is 4.43. The second-order valence-corrected chi connectivity index (χ2v) is 26.0.